The monoisotopic (exact) mass is 349 g/mol. The van der Waals surface area contributed by atoms with E-state index in [-0.39, 0.29) is 5.91 Å². The molecule has 144 valence electrons. The van der Waals surface area contributed by atoms with Crippen LogP contribution >= 0.6 is 0 Å². The average Bonchev–Trinajstić information content (AvgIpc) is 2.58. The molecule has 1 amide bonds. The molecular formula is C22H39NO2. The van der Waals surface area contributed by atoms with Crippen molar-refractivity contribution in [3.8, 4) is 0 Å². The number of nitrogens with one attached hydrogen (secondary N) is 1. The largest absolute Gasteiger partial charge is 0.352 e. The number of ketones is 1. The van der Waals surface area contributed by atoms with Gasteiger partial charge in [0.25, 0.3) is 0 Å². The van der Waals surface area contributed by atoms with Crippen molar-refractivity contribution in [2.24, 2.45) is 5.92 Å². The van der Waals surface area contributed by atoms with Crippen LogP contribution < -0.4 is 5.32 Å². The van der Waals surface area contributed by atoms with Gasteiger partial charge in [-0.25, -0.2) is 0 Å². The van der Waals surface area contributed by atoms with Crippen LogP contribution in [-0.2, 0) is 9.59 Å². The lowest BCUT2D eigenvalue weighted by Crippen LogP contribution is -2.25. The predicted octanol–water partition coefficient (Wildman–Crippen LogP) is 5.75. The predicted molar refractivity (Wildman–Crippen MR) is 108 cm³/mol. The van der Waals surface area contributed by atoms with Crippen LogP contribution in [0.4, 0.5) is 0 Å². The van der Waals surface area contributed by atoms with Gasteiger partial charge >= 0.3 is 0 Å². The second-order valence-corrected chi connectivity index (χ2v) is 7.23. The van der Waals surface area contributed by atoms with Gasteiger partial charge < -0.3 is 5.32 Å². The van der Waals surface area contributed by atoms with Gasteiger partial charge in [0, 0.05) is 25.5 Å². The van der Waals surface area contributed by atoms with E-state index >= 15 is 0 Å². The van der Waals surface area contributed by atoms with Crippen molar-refractivity contribution in [3.63, 3.8) is 0 Å². The molecular weight excluding hydrogens is 310 g/mol. The SMILES string of the molecule is CCCCCCC(=O)CCCCCC/C=C/C=C/C(=O)NCC(C)C. The van der Waals surface area contributed by atoms with Crippen molar-refractivity contribution in [1.29, 1.82) is 0 Å². The lowest BCUT2D eigenvalue weighted by atomic mass is 10.0. The molecule has 3 nitrogen and oxygen atoms in total. The van der Waals surface area contributed by atoms with Gasteiger partial charge in [-0.3, -0.25) is 9.59 Å². The van der Waals surface area contributed by atoms with Crippen molar-refractivity contribution in [2.75, 3.05) is 6.54 Å². The average molecular weight is 350 g/mol. The maximum Gasteiger partial charge on any atom is 0.243 e. The van der Waals surface area contributed by atoms with Gasteiger partial charge in [-0.15, -0.1) is 0 Å². The zero-order chi connectivity index (χ0) is 18.8. The third kappa shape index (κ3) is 18.8. The summed E-state index contributed by atoms with van der Waals surface area (Å²) in [5.41, 5.74) is 0. The number of amides is 1. The summed E-state index contributed by atoms with van der Waals surface area (Å²) in [7, 11) is 0. The Hall–Kier alpha value is -1.38. The van der Waals surface area contributed by atoms with Crippen LogP contribution in [0, 0.1) is 5.92 Å². The minimum absolute atomic E-state index is 0.0299. The smallest absolute Gasteiger partial charge is 0.243 e. The second kappa shape index (κ2) is 17.4. The van der Waals surface area contributed by atoms with Crippen LogP contribution in [0.3, 0.4) is 0 Å². The maximum atomic E-state index is 11.7. The van der Waals surface area contributed by atoms with Crippen LogP contribution in [0.1, 0.15) is 91.4 Å². The zero-order valence-electron chi connectivity index (χ0n) is 16.7. The molecule has 0 aromatic carbocycles. The van der Waals surface area contributed by atoms with E-state index in [1.165, 1.54) is 25.7 Å². The molecule has 0 aliphatic carbocycles. The molecule has 0 atom stereocenters. The molecule has 0 heterocycles. The fraction of sp³-hybridized carbons (Fsp3) is 0.727. The second-order valence-electron chi connectivity index (χ2n) is 7.23. The highest BCUT2D eigenvalue weighted by Crippen LogP contribution is 2.10. The van der Waals surface area contributed by atoms with Crippen molar-refractivity contribution >= 4 is 11.7 Å². The molecule has 0 bridgehead atoms. The summed E-state index contributed by atoms with van der Waals surface area (Å²) in [5.74, 6) is 0.888. The van der Waals surface area contributed by atoms with Gasteiger partial charge in [-0.2, -0.15) is 0 Å². The molecule has 0 saturated carbocycles. The quantitative estimate of drug-likeness (QED) is 0.219. The molecule has 0 aromatic heterocycles. The lowest BCUT2D eigenvalue weighted by Gasteiger charge is -2.03. The molecule has 0 unspecified atom stereocenters. The zero-order valence-corrected chi connectivity index (χ0v) is 16.7. The van der Waals surface area contributed by atoms with E-state index in [0.29, 0.717) is 18.2 Å². The number of hydrogen-bond acceptors (Lipinski definition) is 2. The van der Waals surface area contributed by atoms with E-state index < -0.39 is 0 Å². The minimum Gasteiger partial charge on any atom is -0.352 e. The van der Waals surface area contributed by atoms with E-state index in [2.05, 4.69) is 32.2 Å². The summed E-state index contributed by atoms with van der Waals surface area (Å²) >= 11 is 0. The molecule has 0 saturated heterocycles. The third-order valence-corrected chi connectivity index (χ3v) is 4.06. The van der Waals surface area contributed by atoms with Gasteiger partial charge in [0.05, 0.1) is 0 Å². The maximum absolute atomic E-state index is 11.7. The Morgan fingerprint density at radius 2 is 1.52 bits per heavy atom. The number of hydrogen-bond donors (Lipinski definition) is 1. The first kappa shape index (κ1) is 23.6. The van der Waals surface area contributed by atoms with Crippen LogP contribution in [0.5, 0.6) is 0 Å². The van der Waals surface area contributed by atoms with Gasteiger partial charge in [-0.05, 0) is 31.6 Å². The molecule has 3 heteroatoms. The van der Waals surface area contributed by atoms with Crippen LogP contribution in [0.2, 0.25) is 0 Å². The first-order chi connectivity index (χ1) is 12.1. The number of carbonyl (C=O) groups excluding carboxylic acids is 2. The molecule has 1 N–H and O–H groups in total. The fourth-order valence-corrected chi connectivity index (χ4v) is 2.49. The Labute approximate surface area is 155 Å². The normalized spacial score (nSPS) is 11.7. The van der Waals surface area contributed by atoms with Gasteiger partial charge in [0.15, 0.2) is 0 Å². The summed E-state index contributed by atoms with van der Waals surface area (Å²) in [6.07, 6.45) is 19.2. The van der Waals surface area contributed by atoms with Crippen LogP contribution in [0.25, 0.3) is 0 Å². The highest BCUT2D eigenvalue weighted by atomic mass is 16.1. The Morgan fingerprint density at radius 1 is 0.880 bits per heavy atom. The van der Waals surface area contributed by atoms with Gasteiger partial charge in [0.1, 0.15) is 5.78 Å². The highest BCUT2D eigenvalue weighted by Gasteiger charge is 2.01. The fourth-order valence-electron chi connectivity index (χ4n) is 2.49. The first-order valence-electron chi connectivity index (χ1n) is 10.2. The van der Waals surface area contributed by atoms with E-state index in [1.54, 1.807) is 12.2 Å². The van der Waals surface area contributed by atoms with E-state index in [1.807, 2.05) is 6.08 Å². The van der Waals surface area contributed by atoms with E-state index in [9.17, 15) is 9.59 Å². The standard InChI is InChI=1S/C22H39NO2/c1-4-5-6-13-16-21(24)17-14-11-9-7-8-10-12-15-18-22(25)23-19-20(2)3/h10,12,15,18,20H,4-9,11,13-14,16-17,19H2,1-3H3,(H,23,25)/b12-10+,18-15+. The number of carbonyl (C=O) groups is 2. The number of unbranched alkanes of at least 4 members (excludes halogenated alkanes) is 7. The molecule has 0 aliphatic heterocycles. The van der Waals surface area contributed by atoms with Gasteiger partial charge in [-0.1, -0.05) is 71.1 Å². The molecule has 0 aromatic rings. The topological polar surface area (TPSA) is 46.2 Å². The number of allylic oxidation sites excluding steroid dienone is 3. The first-order valence-corrected chi connectivity index (χ1v) is 10.2. The summed E-state index contributed by atoms with van der Waals surface area (Å²) < 4.78 is 0. The van der Waals surface area contributed by atoms with Crippen molar-refractivity contribution in [1.82, 2.24) is 5.32 Å². The summed E-state index contributed by atoms with van der Waals surface area (Å²) in [5, 5.41) is 2.85. The Bertz CT molecular complexity index is 397. The molecule has 0 aliphatic rings. The summed E-state index contributed by atoms with van der Waals surface area (Å²) in [4.78, 5) is 23.1. The van der Waals surface area contributed by atoms with E-state index in [0.717, 1.165) is 44.9 Å². The highest BCUT2D eigenvalue weighted by molar-refractivity contribution is 5.87. The van der Waals surface area contributed by atoms with Crippen LogP contribution in [-0.4, -0.2) is 18.2 Å². The Balaban J connectivity index is 3.45. The van der Waals surface area contributed by atoms with Crippen molar-refractivity contribution in [2.45, 2.75) is 91.4 Å². The summed E-state index contributed by atoms with van der Waals surface area (Å²) in [6.45, 7) is 7.06. The summed E-state index contributed by atoms with van der Waals surface area (Å²) in [6, 6.07) is 0. The molecule has 0 spiro atoms. The Kier molecular flexibility index (Phi) is 16.5. The number of Topliss-reactive ketones (excluding diaryl/α,β-unsaturated/α-hetero) is 1. The molecule has 0 rings (SSSR count). The Morgan fingerprint density at radius 3 is 2.16 bits per heavy atom. The van der Waals surface area contributed by atoms with Gasteiger partial charge in [0.2, 0.25) is 5.91 Å². The van der Waals surface area contributed by atoms with Crippen molar-refractivity contribution in [3.05, 3.63) is 24.3 Å². The van der Waals surface area contributed by atoms with Crippen LogP contribution in [0.15, 0.2) is 24.3 Å². The van der Waals surface area contributed by atoms with Crippen molar-refractivity contribution < 1.29 is 9.59 Å². The minimum atomic E-state index is -0.0299. The third-order valence-electron chi connectivity index (χ3n) is 4.06. The molecule has 0 fully saturated rings. The molecule has 0 radical (unpaired) electrons. The lowest BCUT2D eigenvalue weighted by molar-refractivity contribution is -0.119. The molecule has 25 heavy (non-hydrogen) atoms. The van der Waals surface area contributed by atoms with E-state index in [4.69, 9.17) is 0 Å². The number of rotatable bonds is 16.